The van der Waals surface area contributed by atoms with Gasteiger partial charge in [-0.2, -0.15) is 0 Å². The minimum atomic E-state index is -2.38. The molecule has 2 aromatic carbocycles. The van der Waals surface area contributed by atoms with E-state index in [4.69, 9.17) is 23.7 Å². The van der Waals surface area contributed by atoms with Crippen LogP contribution < -0.4 is 5.32 Å². The van der Waals surface area contributed by atoms with Crippen LogP contribution in [0.25, 0.3) is 0 Å². The first-order valence-electron chi connectivity index (χ1n) is 19.9. The number of ether oxygens (including phenoxy) is 5. The summed E-state index contributed by atoms with van der Waals surface area (Å²) in [4.78, 5) is 82.9. The van der Waals surface area contributed by atoms with Gasteiger partial charge in [-0.1, -0.05) is 68.5 Å². The Hall–Kier alpha value is -5.22. The molecule has 1 amide bonds. The summed E-state index contributed by atoms with van der Waals surface area (Å²) in [7, 11) is 0. The van der Waals surface area contributed by atoms with Crippen molar-refractivity contribution in [3.63, 3.8) is 0 Å². The predicted molar refractivity (Wildman–Crippen MR) is 211 cm³/mol. The number of aliphatic hydroxyl groups excluding tert-OH is 2. The third kappa shape index (κ3) is 7.24. The molecule has 11 atom stereocenters. The number of rotatable bonds is 10. The van der Waals surface area contributed by atoms with Gasteiger partial charge in [0.05, 0.1) is 35.6 Å². The van der Waals surface area contributed by atoms with Gasteiger partial charge >= 0.3 is 23.9 Å². The van der Waals surface area contributed by atoms with Gasteiger partial charge in [-0.25, -0.2) is 9.59 Å². The second-order valence-corrected chi connectivity index (χ2v) is 17.0. The molecule has 1 heterocycles. The van der Waals surface area contributed by atoms with Crippen molar-refractivity contribution in [2.45, 2.75) is 122 Å². The maximum absolute atomic E-state index is 15.4. The van der Waals surface area contributed by atoms with Crippen LogP contribution in [0.4, 0.5) is 0 Å². The average molecular weight is 832 g/mol. The van der Waals surface area contributed by atoms with Gasteiger partial charge in [0, 0.05) is 37.7 Å². The van der Waals surface area contributed by atoms with Crippen LogP contribution in [0.15, 0.2) is 83.5 Å². The van der Waals surface area contributed by atoms with E-state index in [1.165, 1.54) is 26.0 Å². The number of nitrogens with one attached hydrogen (secondary N) is 1. The number of hydrogen-bond acceptors (Lipinski definition) is 14. The number of amides is 1. The summed E-state index contributed by atoms with van der Waals surface area (Å²) in [6, 6.07) is 14.8. The second kappa shape index (κ2) is 16.3. The van der Waals surface area contributed by atoms with Crippen molar-refractivity contribution >= 4 is 35.6 Å². The summed E-state index contributed by atoms with van der Waals surface area (Å²) in [5.41, 5.74) is -6.91. The maximum atomic E-state index is 15.4. The number of carbonyl (C=O) groups excluding carboxylic acids is 6. The summed E-state index contributed by atoms with van der Waals surface area (Å²) < 4.78 is 30.2. The number of allylic oxidation sites excluding steroid dienone is 1. The van der Waals surface area contributed by atoms with E-state index in [1.54, 1.807) is 82.3 Å². The number of esters is 4. The lowest BCUT2D eigenvalue weighted by Crippen LogP contribution is -2.82. The Balaban J connectivity index is 1.56. The normalized spacial score (nSPS) is 32.9. The van der Waals surface area contributed by atoms with E-state index in [-0.39, 0.29) is 29.7 Å². The minimum absolute atomic E-state index is 0.00140. The van der Waals surface area contributed by atoms with Crippen LogP contribution in [-0.4, -0.2) is 105 Å². The van der Waals surface area contributed by atoms with Crippen LogP contribution in [0.5, 0.6) is 0 Å². The fourth-order valence-corrected chi connectivity index (χ4v) is 9.75. The standard InChI is InChI=1S/C45H53NO14/c1-9-23(2)39(52)46-33(27-16-12-10-13-17-27)34(50)41(54)58-29-21-45(55)38(59-40(53)28-18-14-11-15-19-28)36-43(8,30(49)20-31-44(36,22-56-31)60-26(5)48)37(51)35(57-25(4)47)32(24(29)3)42(45,6)7/h9-19,29-31,33-36,38,49-50,55H,20-22H2,1-8H3,(H,46,52)/b23-9+/t29-,30+,31-,33-,34+,35+,36+,38-,43-,44+,45-/m1/s1. The number of aliphatic hydroxyl groups is 3. The van der Waals surface area contributed by atoms with Gasteiger partial charge < -0.3 is 44.3 Å². The van der Waals surface area contributed by atoms with Crippen molar-refractivity contribution in [1.29, 1.82) is 0 Å². The summed E-state index contributed by atoms with van der Waals surface area (Å²) in [5, 5.41) is 40.0. The van der Waals surface area contributed by atoms with Crippen molar-refractivity contribution in [3.05, 3.63) is 94.6 Å². The first kappa shape index (κ1) is 44.3. The van der Waals surface area contributed by atoms with Gasteiger partial charge in [-0.15, -0.1) is 0 Å². The predicted octanol–water partition coefficient (Wildman–Crippen LogP) is 3.39. The number of fused-ring (bicyclic) bond motifs is 5. The van der Waals surface area contributed by atoms with Gasteiger partial charge in [-0.05, 0) is 56.5 Å². The van der Waals surface area contributed by atoms with E-state index in [1.807, 2.05) is 0 Å². The first-order chi connectivity index (χ1) is 28.1. The molecule has 0 spiro atoms. The molecule has 322 valence electrons. The Labute approximate surface area is 348 Å². The van der Waals surface area contributed by atoms with E-state index in [2.05, 4.69) is 5.32 Å². The Morgan fingerprint density at radius 3 is 2.08 bits per heavy atom. The molecule has 0 aromatic heterocycles. The third-order valence-electron chi connectivity index (χ3n) is 13.2. The van der Waals surface area contributed by atoms with Crippen LogP contribution in [0.2, 0.25) is 0 Å². The lowest BCUT2D eigenvalue weighted by Gasteiger charge is -2.67. The summed E-state index contributed by atoms with van der Waals surface area (Å²) in [6.45, 7) is 11.2. The SMILES string of the molecule is C/C=C(\C)C(=O)N[C@H](c1ccccc1)[C@H](O)C(=O)O[C@@H]1C[C@@]2(O)[C@H](OC(=O)c3ccccc3)[C@@H]3[C@]4(OC(C)=O)CO[C@@H]4C[C@H](O)[C@@]3(C)C(=O)[C@@H](OC(C)=O)C(=C1C)C2(C)C. The van der Waals surface area contributed by atoms with Gasteiger partial charge in [0.25, 0.3) is 0 Å². The van der Waals surface area contributed by atoms with E-state index in [9.17, 15) is 39.3 Å². The summed E-state index contributed by atoms with van der Waals surface area (Å²) in [5.74, 6) is -6.78. The molecule has 2 aromatic rings. The highest BCUT2D eigenvalue weighted by Gasteiger charge is 2.78. The Kier molecular flexibility index (Phi) is 12.1. The summed E-state index contributed by atoms with van der Waals surface area (Å²) in [6.07, 6.45) is -8.88. The zero-order valence-corrected chi connectivity index (χ0v) is 34.9. The highest BCUT2D eigenvalue weighted by Crippen LogP contribution is 2.64. The fraction of sp³-hybridized carbons (Fsp3) is 0.511. The van der Waals surface area contributed by atoms with E-state index < -0.39 is 113 Å². The smallest absolute Gasteiger partial charge is 0.338 e. The monoisotopic (exact) mass is 831 g/mol. The van der Waals surface area contributed by atoms with E-state index in [0.29, 0.717) is 11.1 Å². The van der Waals surface area contributed by atoms with Crippen LogP contribution in [-0.2, 0) is 47.7 Å². The van der Waals surface area contributed by atoms with Gasteiger partial charge in [0.15, 0.2) is 23.6 Å². The topological polar surface area (TPSA) is 221 Å². The molecule has 3 aliphatic carbocycles. The quantitative estimate of drug-likeness (QED) is 0.117. The molecule has 0 unspecified atom stereocenters. The lowest BCUT2D eigenvalue weighted by molar-refractivity contribution is -0.346. The average Bonchev–Trinajstić information content (AvgIpc) is 3.20. The second-order valence-electron chi connectivity index (χ2n) is 17.0. The first-order valence-corrected chi connectivity index (χ1v) is 19.9. The van der Waals surface area contributed by atoms with Crippen LogP contribution in [0.1, 0.15) is 90.2 Å². The number of hydrogen-bond donors (Lipinski definition) is 4. The van der Waals surface area contributed by atoms with Crippen molar-refractivity contribution in [3.8, 4) is 0 Å². The molecule has 15 heteroatoms. The molecule has 0 radical (unpaired) electrons. The maximum Gasteiger partial charge on any atom is 0.338 e. The molecule has 2 bridgehead atoms. The molecule has 3 fully saturated rings. The van der Waals surface area contributed by atoms with Gasteiger partial charge in [0.2, 0.25) is 5.91 Å². The zero-order valence-electron chi connectivity index (χ0n) is 34.9. The van der Waals surface area contributed by atoms with E-state index >= 15 is 4.79 Å². The lowest BCUT2D eigenvalue weighted by atomic mass is 9.44. The highest BCUT2D eigenvalue weighted by atomic mass is 16.6. The van der Waals surface area contributed by atoms with Gasteiger partial charge in [-0.3, -0.25) is 19.2 Å². The third-order valence-corrected chi connectivity index (χ3v) is 13.2. The molecular formula is C45H53NO14. The summed E-state index contributed by atoms with van der Waals surface area (Å²) >= 11 is 0. The Morgan fingerprint density at radius 1 is 0.917 bits per heavy atom. The van der Waals surface area contributed by atoms with Crippen molar-refractivity contribution in [2.75, 3.05) is 6.61 Å². The number of ketones is 1. The number of Topliss-reactive ketones (excluding diaryl/α,β-unsaturated/α-hetero) is 1. The molecule has 60 heavy (non-hydrogen) atoms. The van der Waals surface area contributed by atoms with Crippen molar-refractivity contribution in [1.82, 2.24) is 5.32 Å². The molecule has 2 saturated carbocycles. The van der Waals surface area contributed by atoms with Crippen molar-refractivity contribution in [2.24, 2.45) is 16.7 Å². The molecule has 4 N–H and O–H groups in total. The van der Waals surface area contributed by atoms with Crippen molar-refractivity contribution < 1.29 is 67.8 Å². The molecular weight excluding hydrogens is 778 g/mol. The molecule has 1 aliphatic heterocycles. The molecule has 15 nitrogen and oxygen atoms in total. The molecule has 6 rings (SSSR count). The number of carbonyl (C=O) groups is 6. The largest absolute Gasteiger partial charge is 0.456 e. The molecule has 1 saturated heterocycles. The van der Waals surface area contributed by atoms with Crippen LogP contribution in [0.3, 0.4) is 0 Å². The van der Waals surface area contributed by atoms with Gasteiger partial charge in [0.1, 0.15) is 23.9 Å². The van der Waals surface area contributed by atoms with Crippen LogP contribution >= 0.6 is 0 Å². The van der Waals surface area contributed by atoms with E-state index in [0.717, 1.165) is 13.8 Å². The van der Waals surface area contributed by atoms with Crippen LogP contribution in [0, 0.1) is 16.7 Å². The Morgan fingerprint density at radius 2 is 1.53 bits per heavy atom. The number of benzene rings is 2. The zero-order chi connectivity index (χ0) is 44.1. The Bertz CT molecular complexity index is 2110. The molecule has 4 aliphatic rings. The minimum Gasteiger partial charge on any atom is -0.456 e. The highest BCUT2D eigenvalue weighted by molar-refractivity contribution is 5.96. The fourth-order valence-electron chi connectivity index (χ4n) is 9.75.